The lowest BCUT2D eigenvalue weighted by atomic mass is 9.99. The van der Waals surface area contributed by atoms with Crippen molar-refractivity contribution < 1.29 is 33.4 Å². The first-order valence-corrected chi connectivity index (χ1v) is 8.43. The molecule has 2 aliphatic heterocycles. The molecule has 1 fully saturated rings. The van der Waals surface area contributed by atoms with Gasteiger partial charge in [-0.05, 0) is 31.6 Å². The summed E-state index contributed by atoms with van der Waals surface area (Å²) in [6.45, 7) is 4.29. The Labute approximate surface area is 160 Å². The number of imide groups is 1. The maximum atomic E-state index is 12.9. The molecule has 0 aromatic heterocycles. The van der Waals surface area contributed by atoms with Gasteiger partial charge in [-0.3, -0.25) is 29.0 Å². The summed E-state index contributed by atoms with van der Waals surface area (Å²) in [5.74, 6) is -3.57. The number of fused-ring (bicyclic) bond motifs is 1. The second kappa shape index (κ2) is 6.91. The van der Waals surface area contributed by atoms with Crippen molar-refractivity contribution in [3.05, 3.63) is 46.7 Å². The normalized spacial score (nSPS) is 20.5. The van der Waals surface area contributed by atoms with Crippen molar-refractivity contribution in [1.82, 2.24) is 9.80 Å². The number of β-lactam (4-membered cyclic amide) rings is 1. The second-order valence-corrected chi connectivity index (χ2v) is 6.52. The number of likely N-dealkylation sites (tertiary alicyclic amines) is 1. The lowest BCUT2D eigenvalue weighted by Gasteiger charge is -2.48. The number of hydrogen-bond acceptors (Lipinski definition) is 7. The standard InChI is InChI=1S/C19H18N2O7/c1-9(2)13(19(26)27-4)21-17(25)14(18(21)28-10(3)22)20-15(23)11-7-5-6-8-12(11)16(20)24/h5-8,14,18H,1-4H3/t14-,18+/m1/s1. The van der Waals surface area contributed by atoms with Gasteiger partial charge in [0.05, 0.1) is 18.2 Å². The zero-order valence-electron chi connectivity index (χ0n) is 15.7. The third-order valence-corrected chi connectivity index (χ3v) is 4.50. The summed E-state index contributed by atoms with van der Waals surface area (Å²) in [6.07, 6.45) is -1.32. The van der Waals surface area contributed by atoms with E-state index in [1.54, 1.807) is 26.0 Å². The molecule has 1 saturated heterocycles. The van der Waals surface area contributed by atoms with Crippen molar-refractivity contribution >= 4 is 29.7 Å². The number of nitrogens with zero attached hydrogens (tertiary/aromatic N) is 2. The van der Waals surface area contributed by atoms with Crippen LogP contribution in [-0.4, -0.2) is 58.8 Å². The number of hydrogen-bond donors (Lipinski definition) is 0. The van der Waals surface area contributed by atoms with Crippen LogP contribution in [0.4, 0.5) is 0 Å². The van der Waals surface area contributed by atoms with Crippen LogP contribution in [0.1, 0.15) is 41.5 Å². The van der Waals surface area contributed by atoms with E-state index in [1.807, 2.05) is 0 Å². The highest BCUT2D eigenvalue weighted by atomic mass is 16.6. The molecule has 146 valence electrons. The minimum Gasteiger partial charge on any atom is -0.464 e. The lowest BCUT2D eigenvalue weighted by molar-refractivity contribution is -0.192. The first-order valence-electron chi connectivity index (χ1n) is 8.43. The highest BCUT2D eigenvalue weighted by Crippen LogP contribution is 2.36. The van der Waals surface area contributed by atoms with Gasteiger partial charge < -0.3 is 9.47 Å². The van der Waals surface area contributed by atoms with Gasteiger partial charge in [-0.15, -0.1) is 0 Å². The third kappa shape index (κ3) is 2.75. The molecule has 2 heterocycles. The van der Waals surface area contributed by atoms with Crippen molar-refractivity contribution in [2.24, 2.45) is 0 Å². The average molecular weight is 386 g/mol. The smallest absolute Gasteiger partial charge is 0.354 e. The lowest BCUT2D eigenvalue weighted by Crippen LogP contribution is -2.72. The SMILES string of the molecule is COC(=O)C(=C(C)C)N1C(=O)[C@@H](N2C(=O)c3ccccc3C2=O)[C@@H]1OC(C)=O. The number of esters is 2. The van der Waals surface area contributed by atoms with Crippen LogP contribution in [0.2, 0.25) is 0 Å². The fraction of sp³-hybridized carbons (Fsp3) is 0.316. The van der Waals surface area contributed by atoms with E-state index < -0.39 is 41.9 Å². The Morgan fingerprint density at radius 2 is 1.50 bits per heavy atom. The minimum absolute atomic E-state index is 0.105. The van der Waals surface area contributed by atoms with Crippen LogP contribution in [-0.2, 0) is 23.9 Å². The average Bonchev–Trinajstić information content (AvgIpc) is 2.90. The molecule has 0 N–H and O–H groups in total. The largest absolute Gasteiger partial charge is 0.464 e. The highest BCUT2D eigenvalue weighted by molar-refractivity contribution is 6.23. The number of carbonyl (C=O) groups is 5. The van der Waals surface area contributed by atoms with E-state index in [4.69, 9.17) is 9.47 Å². The van der Waals surface area contributed by atoms with Gasteiger partial charge in [0.1, 0.15) is 5.70 Å². The van der Waals surface area contributed by atoms with Crippen molar-refractivity contribution in [1.29, 1.82) is 0 Å². The Morgan fingerprint density at radius 3 is 1.93 bits per heavy atom. The van der Waals surface area contributed by atoms with Crippen LogP contribution in [0.15, 0.2) is 35.5 Å². The van der Waals surface area contributed by atoms with Crippen molar-refractivity contribution in [2.45, 2.75) is 33.0 Å². The Kier molecular flexibility index (Phi) is 4.76. The van der Waals surface area contributed by atoms with Gasteiger partial charge in [0.15, 0.2) is 6.04 Å². The molecule has 1 aromatic carbocycles. The highest BCUT2D eigenvalue weighted by Gasteiger charge is 2.60. The summed E-state index contributed by atoms with van der Waals surface area (Å²) in [4.78, 5) is 63.8. The molecule has 0 bridgehead atoms. The van der Waals surface area contributed by atoms with Crippen molar-refractivity contribution in [2.75, 3.05) is 7.11 Å². The van der Waals surface area contributed by atoms with Gasteiger partial charge in [-0.2, -0.15) is 0 Å². The first-order chi connectivity index (χ1) is 13.2. The Balaban J connectivity index is 2.01. The molecule has 1 aromatic rings. The minimum atomic E-state index is -1.37. The molecule has 0 saturated carbocycles. The van der Waals surface area contributed by atoms with Crippen LogP contribution >= 0.6 is 0 Å². The molecule has 0 aliphatic carbocycles. The summed E-state index contributed by atoms with van der Waals surface area (Å²) in [7, 11) is 1.15. The van der Waals surface area contributed by atoms with E-state index in [1.165, 1.54) is 12.1 Å². The van der Waals surface area contributed by atoms with E-state index >= 15 is 0 Å². The van der Waals surface area contributed by atoms with E-state index in [9.17, 15) is 24.0 Å². The van der Waals surface area contributed by atoms with E-state index in [2.05, 4.69) is 0 Å². The fourth-order valence-electron chi connectivity index (χ4n) is 3.31. The summed E-state index contributed by atoms with van der Waals surface area (Å²) in [6, 6.07) is 4.80. The number of allylic oxidation sites excluding steroid dienone is 1. The number of benzene rings is 1. The first kappa shape index (κ1) is 19.3. The van der Waals surface area contributed by atoms with E-state index in [0.29, 0.717) is 5.57 Å². The number of methoxy groups -OCH3 is 1. The zero-order chi connectivity index (χ0) is 20.7. The molecule has 2 atom stereocenters. The topological polar surface area (TPSA) is 110 Å². The second-order valence-electron chi connectivity index (χ2n) is 6.52. The van der Waals surface area contributed by atoms with Gasteiger partial charge in [-0.1, -0.05) is 12.1 Å². The Bertz CT molecular complexity index is 910. The van der Waals surface area contributed by atoms with Gasteiger partial charge in [0.25, 0.3) is 17.7 Å². The van der Waals surface area contributed by atoms with Gasteiger partial charge in [-0.25, -0.2) is 4.79 Å². The summed E-state index contributed by atoms with van der Waals surface area (Å²) >= 11 is 0. The maximum Gasteiger partial charge on any atom is 0.354 e. The molecule has 9 heteroatoms. The monoisotopic (exact) mass is 386 g/mol. The van der Waals surface area contributed by atoms with Crippen LogP contribution < -0.4 is 0 Å². The van der Waals surface area contributed by atoms with Crippen LogP contribution in [0, 0.1) is 0 Å². The maximum absolute atomic E-state index is 12.9. The van der Waals surface area contributed by atoms with E-state index in [-0.39, 0.29) is 16.8 Å². The molecular formula is C19H18N2O7. The Morgan fingerprint density at radius 1 is 0.964 bits per heavy atom. The molecule has 0 unspecified atom stereocenters. The van der Waals surface area contributed by atoms with Crippen molar-refractivity contribution in [3.63, 3.8) is 0 Å². The Hall–Kier alpha value is -3.49. The molecule has 9 nitrogen and oxygen atoms in total. The summed E-state index contributed by atoms with van der Waals surface area (Å²) < 4.78 is 9.90. The molecule has 28 heavy (non-hydrogen) atoms. The molecule has 2 aliphatic rings. The molecule has 0 radical (unpaired) electrons. The predicted octanol–water partition coefficient (Wildman–Crippen LogP) is 0.849. The number of carbonyl (C=O) groups excluding carboxylic acids is 5. The van der Waals surface area contributed by atoms with Crippen LogP contribution in [0.25, 0.3) is 0 Å². The van der Waals surface area contributed by atoms with Crippen LogP contribution in [0.5, 0.6) is 0 Å². The molecule has 0 spiro atoms. The molecular weight excluding hydrogens is 368 g/mol. The predicted molar refractivity (Wildman–Crippen MR) is 93.5 cm³/mol. The summed E-state index contributed by atoms with van der Waals surface area (Å²) in [5.41, 5.74) is 0.663. The van der Waals surface area contributed by atoms with E-state index in [0.717, 1.165) is 23.8 Å². The zero-order valence-corrected chi connectivity index (χ0v) is 15.7. The molecule has 3 amide bonds. The number of ether oxygens (including phenoxy) is 2. The molecule has 3 rings (SSSR count). The number of rotatable bonds is 4. The van der Waals surface area contributed by atoms with Gasteiger partial charge in [0, 0.05) is 6.92 Å². The van der Waals surface area contributed by atoms with Gasteiger partial charge in [0.2, 0.25) is 6.23 Å². The number of amides is 3. The van der Waals surface area contributed by atoms with Crippen LogP contribution in [0.3, 0.4) is 0 Å². The summed E-state index contributed by atoms with van der Waals surface area (Å²) in [5, 5.41) is 0. The fourth-order valence-corrected chi connectivity index (χ4v) is 3.31. The third-order valence-electron chi connectivity index (χ3n) is 4.50. The quantitative estimate of drug-likeness (QED) is 0.326. The van der Waals surface area contributed by atoms with Gasteiger partial charge >= 0.3 is 11.9 Å². The van der Waals surface area contributed by atoms with Crippen molar-refractivity contribution in [3.8, 4) is 0 Å².